The number of anilines is 1. The summed E-state index contributed by atoms with van der Waals surface area (Å²) in [6.07, 6.45) is 0. The zero-order valence-electron chi connectivity index (χ0n) is 12.9. The highest BCUT2D eigenvalue weighted by Crippen LogP contribution is 2.23. The Kier molecular flexibility index (Phi) is 4.88. The van der Waals surface area contributed by atoms with Crippen LogP contribution in [0.15, 0.2) is 29.2 Å². The van der Waals surface area contributed by atoms with Crippen LogP contribution in [0.3, 0.4) is 0 Å². The van der Waals surface area contributed by atoms with Crippen molar-refractivity contribution in [2.45, 2.75) is 10.9 Å². The minimum Gasteiger partial charge on any atom is -0.365 e. The van der Waals surface area contributed by atoms with Crippen LogP contribution in [0.4, 0.5) is 5.69 Å². The van der Waals surface area contributed by atoms with Crippen LogP contribution in [0, 0.1) is 0 Å². The molecule has 1 unspecified atom stereocenters. The van der Waals surface area contributed by atoms with Gasteiger partial charge in [-0.25, -0.2) is 12.7 Å². The molecular formula is C14H24N4O2S. The van der Waals surface area contributed by atoms with Gasteiger partial charge in [0.25, 0.3) is 0 Å². The first-order valence-electron chi connectivity index (χ1n) is 7.04. The first-order valence-corrected chi connectivity index (χ1v) is 8.48. The number of hydrogen-bond donors (Lipinski definition) is 1. The quantitative estimate of drug-likeness (QED) is 0.848. The summed E-state index contributed by atoms with van der Waals surface area (Å²) in [5.41, 5.74) is 6.89. The average Bonchev–Trinajstić information content (AvgIpc) is 2.47. The van der Waals surface area contributed by atoms with Gasteiger partial charge in [-0.3, -0.25) is 0 Å². The second-order valence-corrected chi connectivity index (χ2v) is 7.78. The van der Waals surface area contributed by atoms with Gasteiger partial charge in [-0.1, -0.05) is 0 Å². The van der Waals surface area contributed by atoms with E-state index in [0.717, 1.165) is 25.3 Å². The second kappa shape index (κ2) is 6.31. The van der Waals surface area contributed by atoms with Crippen molar-refractivity contribution in [2.75, 3.05) is 52.2 Å². The summed E-state index contributed by atoms with van der Waals surface area (Å²) in [4.78, 5) is 4.83. The Balaban J connectivity index is 2.23. The predicted molar refractivity (Wildman–Crippen MR) is 85.0 cm³/mol. The van der Waals surface area contributed by atoms with E-state index < -0.39 is 10.0 Å². The Bertz CT molecular complexity index is 571. The molecule has 1 saturated heterocycles. The van der Waals surface area contributed by atoms with Crippen LogP contribution in [0.5, 0.6) is 0 Å². The van der Waals surface area contributed by atoms with E-state index in [9.17, 15) is 8.42 Å². The van der Waals surface area contributed by atoms with E-state index in [1.807, 2.05) is 12.1 Å². The molecule has 0 radical (unpaired) electrons. The van der Waals surface area contributed by atoms with Crippen LogP contribution in [0.25, 0.3) is 0 Å². The maximum atomic E-state index is 12.1. The molecule has 21 heavy (non-hydrogen) atoms. The van der Waals surface area contributed by atoms with Gasteiger partial charge in [0.05, 0.1) is 10.9 Å². The third-order valence-electron chi connectivity index (χ3n) is 3.90. The molecule has 0 aliphatic carbocycles. The van der Waals surface area contributed by atoms with Gasteiger partial charge in [-0.2, -0.15) is 0 Å². The van der Waals surface area contributed by atoms with Crippen LogP contribution in [0.2, 0.25) is 0 Å². The maximum Gasteiger partial charge on any atom is 0.242 e. The van der Waals surface area contributed by atoms with Gasteiger partial charge >= 0.3 is 0 Å². The van der Waals surface area contributed by atoms with E-state index in [1.54, 1.807) is 12.1 Å². The number of nitrogens with two attached hydrogens (primary N) is 1. The summed E-state index contributed by atoms with van der Waals surface area (Å²) in [7, 11) is 1.79. The van der Waals surface area contributed by atoms with Crippen molar-refractivity contribution in [1.29, 1.82) is 0 Å². The molecule has 7 heteroatoms. The van der Waals surface area contributed by atoms with Crippen molar-refractivity contribution in [2.24, 2.45) is 5.73 Å². The highest BCUT2D eigenvalue weighted by Gasteiger charge is 2.25. The van der Waals surface area contributed by atoms with E-state index in [-0.39, 0.29) is 6.04 Å². The molecular weight excluding hydrogens is 288 g/mol. The van der Waals surface area contributed by atoms with Crippen LogP contribution < -0.4 is 10.6 Å². The molecule has 2 N–H and O–H groups in total. The van der Waals surface area contributed by atoms with Gasteiger partial charge in [0.15, 0.2) is 0 Å². The van der Waals surface area contributed by atoms with Crippen LogP contribution in [-0.2, 0) is 10.0 Å². The normalized spacial score (nSPS) is 21.0. The van der Waals surface area contributed by atoms with Gasteiger partial charge < -0.3 is 15.5 Å². The number of likely N-dealkylation sites (N-methyl/N-ethyl adjacent to an activating group) is 1. The smallest absolute Gasteiger partial charge is 0.242 e. The predicted octanol–water partition coefficient (Wildman–Crippen LogP) is 0.0160. The van der Waals surface area contributed by atoms with E-state index in [2.05, 4.69) is 16.8 Å². The monoisotopic (exact) mass is 312 g/mol. The topological polar surface area (TPSA) is 69.9 Å². The summed E-state index contributed by atoms with van der Waals surface area (Å²) >= 11 is 0. The lowest BCUT2D eigenvalue weighted by Gasteiger charge is -2.41. The molecule has 1 aliphatic rings. The van der Waals surface area contributed by atoms with Crippen LogP contribution in [0.1, 0.15) is 0 Å². The SMILES string of the molecule is CN1CCN(c2ccc(S(=O)(=O)N(C)C)cc2)C(CN)C1. The summed E-state index contributed by atoms with van der Waals surface area (Å²) in [6, 6.07) is 7.32. The van der Waals surface area contributed by atoms with Crippen molar-refractivity contribution >= 4 is 15.7 Å². The summed E-state index contributed by atoms with van der Waals surface area (Å²) < 4.78 is 25.4. The van der Waals surface area contributed by atoms with Crippen molar-refractivity contribution < 1.29 is 8.42 Å². The number of hydrogen-bond acceptors (Lipinski definition) is 5. The number of sulfonamides is 1. The first kappa shape index (κ1) is 16.2. The minimum absolute atomic E-state index is 0.264. The van der Waals surface area contributed by atoms with Gasteiger partial charge in [0.1, 0.15) is 0 Å². The molecule has 1 heterocycles. The molecule has 1 aliphatic heterocycles. The molecule has 1 aromatic rings. The third-order valence-corrected chi connectivity index (χ3v) is 5.73. The summed E-state index contributed by atoms with van der Waals surface area (Å²) in [5.74, 6) is 0. The molecule has 118 valence electrons. The largest absolute Gasteiger partial charge is 0.365 e. The van der Waals surface area contributed by atoms with E-state index >= 15 is 0 Å². The van der Waals surface area contributed by atoms with Crippen LogP contribution >= 0.6 is 0 Å². The fourth-order valence-electron chi connectivity index (χ4n) is 2.57. The second-order valence-electron chi connectivity index (χ2n) is 5.63. The first-order chi connectivity index (χ1) is 9.86. The molecule has 6 nitrogen and oxygen atoms in total. The molecule has 0 spiro atoms. The lowest BCUT2D eigenvalue weighted by Crippen LogP contribution is -2.55. The fraction of sp³-hybridized carbons (Fsp3) is 0.571. The van der Waals surface area contributed by atoms with Gasteiger partial charge in [0, 0.05) is 46.0 Å². The maximum absolute atomic E-state index is 12.1. The number of piperazine rings is 1. The van der Waals surface area contributed by atoms with Gasteiger partial charge in [-0.15, -0.1) is 0 Å². The molecule has 0 saturated carbocycles. The molecule has 1 atom stereocenters. The summed E-state index contributed by atoms with van der Waals surface area (Å²) in [5, 5.41) is 0. The molecule has 1 aromatic carbocycles. The number of rotatable bonds is 4. The third kappa shape index (κ3) is 3.37. The Hall–Kier alpha value is -1.15. The Morgan fingerprint density at radius 3 is 2.38 bits per heavy atom. The zero-order valence-corrected chi connectivity index (χ0v) is 13.7. The van der Waals surface area contributed by atoms with E-state index in [0.29, 0.717) is 11.4 Å². The molecule has 1 fully saturated rings. The highest BCUT2D eigenvalue weighted by molar-refractivity contribution is 7.89. The number of benzene rings is 1. The van der Waals surface area contributed by atoms with Crippen molar-refractivity contribution in [3.63, 3.8) is 0 Å². The lowest BCUT2D eigenvalue weighted by molar-refractivity contribution is 0.270. The lowest BCUT2D eigenvalue weighted by atomic mass is 10.1. The molecule has 0 aromatic heterocycles. The van der Waals surface area contributed by atoms with Crippen molar-refractivity contribution in [1.82, 2.24) is 9.21 Å². The molecule has 0 bridgehead atoms. The molecule has 2 rings (SSSR count). The van der Waals surface area contributed by atoms with E-state index in [4.69, 9.17) is 5.73 Å². The van der Waals surface area contributed by atoms with Crippen molar-refractivity contribution in [3.8, 4) is 0 Å². The van der Waals surface area contributed by atoms with Gasteiger partial charge in [-0.05, 0) is 31.3 Å². The van der Waals surface area contributed by atoms with E-state index in [1.165, 1.54) is 18.4 Å². The molecule has 0 amide bonds. The van der Waals surface area contributed by atoms with Crippen LogP contribution in [-0.4, -0.2) is 71.0 Å². The fourth-order valence-corrected chi connectivity index (χ4v) is 3.47. The van der Waals surface area contributed by atoms with Gasteiger partial charge in [0.2, 0.25) is 10.0 Å². The summed E-state index contributed by atoms with van der Waals surface area (Å²) in [6.45, 7) is 3.39. The number of nitrogens with zero attached hydrogens (tertiary/aromatic N) is 3. The average molecular weight is 312 g/mol. The highest BCUT2D eigenvalue weighted by atomic mass is 32.2. The Labute approximate surface area is 127 Å². The van der Waals surface area contributed by atoms with Crippen molar-refractivity contribution in [3.05, 3.63) is 24.3 Å². The Morgan fingerprint density at radius 1 is 1.24 bits per heavy atom. The standard InChI is InChI=1S/C14H24N4O2S/c1-16(2)21(19,20)14-6-4-12(5-7-14)18-9-8-17(3)11-13(18)10-15/h4-7,13H,8-11,15H2,1-3H3. The minimum atomic E-state index is -3.37. The Morgan fingerprint density at radius 2 is 1.86 bits per heavy atom. The zero-order chi connectivity index (χ0) is 15.6.